The van der Waals surface area contributed by atoms with Gasteiger partial charge < -0.3 is 14.6 Å². The highest BCUT2D eigenvalue weighted by Crippen LogP contribution is 2.21. The maximum Gasteiger partial charge on any atom is 0.339 e. The molecule has 2 aromatic carbocycles. The summed E-state index contributed by atoms with van der Waals surface area (Å²) in [6.07, 6.45) is 0. The SMILES string of the molecule is Cc1ccccc1OCCOc1ccc(I)cc1C(=O)O. The number of hydrogen-bond acceptors (Lipinski definition) is 3. The van der Waals surface area contributed by atoms with E-state index in [0.29, 0.717) is 12.4 Å². The molecule has 5 heteroatoms. The molecule has 0 saturated heterocycles. The molecular weight excluding hydrogens is 383 g/mol. The first-order valence-electron chi connectivity index (χ1n) is 6.42. The monoisotopic (exact) mass is 398 g/mol. The highest BCUT2D eigenvalue weighted by Gasteiger charge is 2.11. The normalized spacial score (nSPS) is 10.2. The minimum atomic E-state index is -0.997. The number of carboxylic acids is 1. The fraction of sp³-hybridized carbons (Fsp3) is 0.188. The van der Waals surface area contributed by atoms with E-state index in [4.69, 9.17) is 14.6 Å². The predicted octanol–water partition coefficient (Wildman–Crippen LogP) is 3.76. The fourth-order valence-electron chi connectivity index (χ4n) is 1.82. The lowest BCUT2D eigenvalue weighted by Crippen LogP contribution is -2.11. The van der Waals surface area contributed by atoms with Crippen molar-refractivity contribution in [1.82, 2.24) is 0 Å². The quantitative estimate of drug-likeness (QED) is 0.595. The molecule has 1 N–H and O–H groups in total. The van der Waals surface area contributed by atoms with Crippen LogP contribution >= 0.6 is 22.6 Å². The predicted molar refractivity (Wildman–Crippen MR) is 88.3 cm³/mol. The van der Waals surface area contributed by atoms with Gasteiger partial charge in [0.05, 0.1) is 0 Å². The van der Waals surface area contributed by atoms with Crippen molar-refractivity contribution in [1.29, 1.82) is 0 Å². The topological polar surface area (TPSA) is 55.8 Å². The Morgan fingerprint density at radius 1 is 1.10 bits per heavy atom. The summed E-state index contributed by atoms with van der Waals surface area (Å²) >= 11 is 2.07. The van der Waals surface area contributed by atoms with Gasteiger partial charge in [0, 0.05) is 3.57 Å². The Morgan fingerprint density at radius 3 is 2.43 bits per heavy atom. The summed E-state index contributed by atoms with van der Waals surface area (Å²) in [4.78, 5) is 11.2. The molecule has 0 saturated carbocycles. The summed E-state index contributed by atoms with van der Waals surface area (Å²) in [6.45, 7) is 2.61. The van der Waals surface area contributed by atoms with Gasteiger partial charge in [0.1, 0.15) is 30.3 Å². The number of halogens is 1. The highest BCUT2D eigenvalue weighted by molar-refractivity contribution is 14.1. The van der Waals surface area contributed by atoms with E-state index in [0.717, 1.165) is 14.9 Å². The van der Waals surface area contributed by atoms with E-state index < -0.39 is 5.97 Å². The van der Waals surface area contributed by atoms with E-state index >= 15 is 0 Å². The summed E-state index contributed by atoms with van der Waals surface area (Å²) in [5.74, 6) is 0.168. The first kappa shape index (κ1) is 15.6. The molecule has 0 aliphatic carbocycles. The molecule has 0 aliphatic rings. The molecular formula is C16H15IO4. The van der Waals surface area contributed by atoms with Crippen LogP contribution in [0.15, 0.2) is 42.5 Å². The van der Waals surface area contributed by atoms with Crippen LogP contribution in [-0.4, -0.2) is 24.3 Å². The minimum absolute atomic E-state index is 0.165. The molecule has 2 aromatic rings. The van der Waals surface area contributed by atoms with Gasteiger partial charge >= 0.3 is 5.97 Å². The molecule has 4 nitrogen and oxygen atoms in total. The molecule has 0 radical (unpaired) electrons. The molecule has 110 valence electrons. The van der Waals surface area contributed by atoms with E-state index in [2.05, 4.69) is 22.6 Å². The summed E-state index contributed by atoms with van der Waals surface area (Å²) in [5, 5.41) is 9.15. The summed E-state index contributed by atoms with van der Waals surface area (Å²) in [6, 6.07) is 12.8. The van der Waals surface area contributed by atoms with Crippen LogP contribution in [0.3, 0.4) is 0 Å². The van der Waals surface area contributed by atoms with E-state index in [1.165, 1.54) is 0 Å². The van der Waals surface area contributed by atoms with Gasteiger partial charge in [0.15, 0.2) is 0 Å². The molecule has 0 atom stereocenters. The zero-order valence-electron chi connectivity index (χ0n) is 11.5. The zero-order chi connectivity index (χ0) is 15.2. The number of benzene rings is 2. The van der Waals surface area contributed by atoms with E-state index in [9.17, 15) is 4.79 Å². The van der Waals surface area contributed by atoms with Crippen LogP contribution in [0.4, 0.5) is 0 Å². The third-order valence-corrected chi connectivity index (χ3v) is 3.54. The maximum absolute atomic E-state index is 11.2. The lowest BCUT2D eigenvalue weighted by atomic mass is 10.2. The van der Waals surface area contributed by atoms with Gasteiger partial charge in [0.25, 0.3) is 0 Å². The summed E-state index contributed by atoms with van der Waals surface area (Å²) < 4.78 is 12.0. The molecule has 0 amide bonds. The number of aryl methyl sites for hydroxylation is 1. The van der Waals surface area contributed by atoms with Crippen molar-refractivity contribution in [2.24, 2.45) is 0 Å². The maximum atomic E-state index is 11.2. The molecule has 0 aromatic heterocycles. The Hall–Kier alpha value is -1.76. The van der Waals surface area contributed by atoms with Gasteiger partial charge in [-0.05, 0) is 59.3 Å². The molecule has 2 rings (SSSR count). The van der Waals surface area contributed by atoms with E-state index in [-0.39, 0.29) is 12.2 Å². The van der Waals surface area contributed by atoms with Gasteiger partial charge in [-0.2, -0.15) is 0 Å². The Labute approximate surface area is 136 Å². The zero-order valence-corrected chi connectivity index (χ0v) is 13.7. The van der Waals surface area contributed by atoms with Crippen LogP contribution in [0.25, 0.3) is 0 Å². The number of para-hydroxylation sites is 1. The number of carbonyl (C=O) groups is 1. The average Bonchev–Trinajstić information content (AvgIpc) is 2.46. The molecule has 0 aliphatic heterocycles. The third-order valence-electron chi connectivity index (χ3n) is 2.86. The second kappa shape index (κ2) is 7.31. The molecule has 21 heavy (non-hydrogen) atoms. The van der Waals surface area contributed by atoms with E-state index in [1.807, 2.05) is 37.3 Å². The van der Waals surface area contributed by atoms with Gasteiger partial charge in [-0.1, -0.05) is 18.2 Å². The molecule has 0 bridgehead atoms. The largest absolute Gasteiger partial charge is 0.490 e. The molecule has 0 unspecified atom stereocenters. The standard InChI is InChI=1S/C16H15IO4/c1-11-4-2-3-5-14(11)20-8-9-21-15-7-6-12(17)10-13(15)16(18)19/h2-7,10H,8-9H2,1H3,(H,18,19). The number of ether oxygens (including phenoxy) is 2. The van der Waals surface area contributed by atoms with Crippen LogP contribution in [0.5, 0.6) is 11.5 Å². The summed E-state index contributed by atoms with van der Waals surface area (Å²) in [5.41, 5.74) is 1.22. The molecule has 0 spiro atoms. The lowest BCUT2D eigenvalue weighted by molar-refractivity contribution is 0.0691. The average molecular weight is 398 g/mol. The van der Waals surface area contributed by atoms with Crippen molar-refractivity contribution in [3.63, 3.8) is 0 Å². The van der Waals surface area contributed by atoms with E-state index in [1.54, 1.807) is 12.1 Å². The van der Waals surface area contributed by atoms with Crippen molar-refractivity contribution in [2.75, 3.05) is 13.2 Å². The smallest absolute Gasteiger partial charge is 0.339 e. The Morgan fingerprint density at radius 2 is 1.76 bits per heavy atom. The fourth-order valence-corrected chi connectivity index (χ4v) is 2.31. The second-order valence-electron chi connectivity index (χ2n) is 4.41. The Balaban J connectivity index is 1.92. The minimum Gasteiger partial charge on any atom is -0.490 e. The van der Waals surface area contributed by atoms with Crippen molar-refractivity contribution < 1.29 is 19.4 Å². The number of hydrogen-bond donors (Lipinski definition) is 1. The highest BCUT2D eigenvalue weighted by atomic mass is 127. The van der Waals surface area contributed by atoms with Crippen LogP contribution in [-0.2, 0) is 0 Å². The van der Waals surface area contributed by atoms with Crippen molar-refractivity contribution in [2.45, 2.75) is 6.92 Å². The third kappa shape index (κ3) is 4.35. The first-order chi connectivity index (χ1) is 10.1. The Kier molecular flexibility index (Phi) is 5.44. The second-order valence-corrected chi connectivity index (χ2v) is 5.65. The number of aromatic carboxylic acids is 1. The molecule has 0 fully saturated rings. The van der Waals surface area contributed by atoms with Crippen LogP contribution < -0.4 is 9.47 Å². The first-order valence-corrected chi connectivity index (χ1v) is 7.50. The van der Waals surface area contributed by atoms with Crippen molar-refractivity contribution in [3.05, 3.63) is 57.2 Å². The van der Waals surface area contributed by atoms with Crippen LogP contribution in [0.1, 0.15) is 15.9 Å². The van der Waals surface area contributed by atoms with Gasteiger partial charge in [-0.15, -0.1) is 0 Å². The lowest BCUT2D eigenvalue weighted by Gasteiger charge is -2.11. The van der Waals surface area contributed by atoms with Crippen molar-refractivity contribution >= 4 is 28.6 Å². The van der Waals surface area contributed by atoms with Crippen molar-refractivity contribution in [3.8, 4) is 11.5 Å². The van der Waals surface area contributed by atoms with Gasteiger partial charge in [-0.25, -0.2) is 4.79 Å². The number of carboxylic acid groups (broad SMARTS) is 1. The summed E-state index contributed by atoms with van der Waals surface area (Å²) in [7, 11) is 0. The Bertz CT molecular complexity index is 640. The van der Waals surface area contributed by atoms with Crippen LogP contribution in [0.2, 0.25) is 0 Å². The number of rotatable bonds is 6. The van der Waals surface area contributed by atoms with Gasteiger partial charge in [-0.3, -0.25) is 0 Å². The van der Waals surface area contributed by atoms with Crippen LogP contribution in [0, 0.1) is 10.5 Å². The van der Waals surface area contributed by atoms with Gasteiger partial charge in [0.2, 0.25) is 0 Å². The molecule has 0 heterocycles.